The predicted molar refractivity (Wildman–Crippen MR) is 98.0 cm³/mol. The van der Waals surface area contributed by atoms with E-state index in [2.05, 4.69) is 21.2 Å². The number of carbonyl (C=O) groups is 3. The van der Waals surface area contributed by atoms with E-state index >= 15 is 0 Å². The van der Waals surface area contributed by atoms with Crippen molar-refractivity contribution < 1.29 is 14.4 Å². The number of anilines is 1. The molecule has 1 aromatic carbocycles. The lowest BCUT2D eigenvalue weighted by atomic mass is 10.1. The van der Waals surface area contributed by atoms with Crippen molar-refractivity contribution in [3.8, 4) is 0 Å². The van der Waals surface area contributed by atoms with Crippen molar-refractivity contribution in [2.45, 2.75) is 19.9 Å². The van der Waals surface area contributed by atoms with Crippen LogP contribution in [0.2, 0.25) is 0 Å². The summed E-state index contributed by atoms with van der Waals surface area (Å²) in [6.07, 6.45) is 5.22. The maximum absolute atomic E-state index is 12.7. The summed E-state index contributed by atoms with van der Waals surface area (Å²) in [6, 6.07) is 8.03. The van der Waals surface area contributed by atoms with Crippen LogP contribution >= 0.6 is 15.9 Å². The van der Waals surface area contributed by atoms with Gasteiger partial charge in [-0.1, -0.05) is 15.9 Å². The number of nitrogens with zero attached hydrogens (tertiary/aromatic N) is 2. The first kappa shape index (κ1) is 17.2. The molecule has 3 rings (SSSR count). The summed E-state index contributed by atoms with van der Waals surface area (Å²) in [6.45, 7) is 4.06. The summed E-state index contributed by atoms with van der Waals surface area (Å²) in [4.78, 5) is 37.9. The number of nitrogens with one attached hydrogen (secondary N) is 1. The Morgan fingerprint density at radius 2 is 1.76 bits per heavy atom. The van der Waals surface area contributed by atoms with Crippen LogP contribution in [0, 0.1) is 0 Å². The standard InChI is InChI=1S/C18H16BrN3O3/c1-11(2)21-8-7-12(10-21)9-15-16(23)20-18(25)22(17(15)24)14-5-3-13(19)4-6-14/h3-11H,1-2H3,(H,20,23,25)/b15-9-. The van der Waals surface area contributed by atoms with Gasteiger partial charge in [0.1, 0.15) is 5.57 Å². The normalized spacial score (nSPS) is 16.7. The van der Waals surface area contributed by atoms with E-state index in [0.29, 0.717) is 5.69 Å². The van der Waals surface area contributed by atoms with Gasteiger partial charge in [0.15, 0.2) is 0 Å². The van der Waals surface area contributed by atoms with Gasteiger partial charge in [-0.05, 0) is 55.8 Å². The van der Waals surface area contributed by atoms with Gasteiger partial charge in [0.2, 0.25) is 0 Å². The highest BCUT2D eigenvalue weighted by atomic mass is 79.9. The second kappa shape index (κ2) is 6.68. The molecule has 25 heavy (non-hydrogen) atoms. The van der Waals surface area contributed by atoms with Crippen molar-refractivity contribution in [3.63, 3.8) is 0 Å². The highest BCUT2D eigenvalue weighted by molar-refractivity contribution is 9.10. The third-order valence-corrected chi connectivity index (χ3v) is 4.36. The van der Waals surface area contributed by atoms with Crippen molar-refractivity contribution in [2.24, 2.45) is 0 Å². The summed E-state index contributed by atoms with van der Waals surface area (Å²) >= 11 is 3.31. The molecule has 2 aromatic rings. The zero-order valence-electron chi connectivity index (χ0n) is 13.7. The van der Waals surface area contributed by atoms with Crippen LogP contribution in [-0.2, 0) is 9.59 Å². The van der Waals surface area contributed by atoms with Gasteiger partial charge in [0, 0.05) is 22.9 Å². The molecule has 0 bridgehead atoms. The molecule has 2 heterocycles. The Morgan fingerprint density at radius 3 is 2.36 bits per heavy atom. The maximum atomic E-state index is 12.7. The van der Waals surface area contributed by atoms with Gasteiger partial charge in [0.05, 0.1) is 5.69 Å². The molecule has 0 saturated carbocycles. The molecular weight excluding hydrogens is 386 g/mol. The Labute approximate surface area is 153 Å². The van der Waals surface area contributed by atoms with E-state index in [1.165, 1.54) is 6.08 Å². The topological polar surface area (TPSA) is 71.4 Å². The van der Waals surface area contributed by atoms with E-state index in [9.17, 15) is 14.4 Å². The van der Waals surface area contributed by atoms with Gasteiger partial charge in [-0.2, -0.15) is 0 Å². The number of imide groups is 2. The van der Waals surface area contributed by atoms with Crippen molar-refractivity contribution in [1.82, 2.24) is 9.88 Å². The average Bonchev–Trinajstić information content (AvgIpc) is 3.02. The average molecular weight is 402 g/mol. The van der Waals surface area contributed by atoms with Crippen LogP contribution in [0.15, 0.2) is 52.8 Å². The van der Waals surface area contributed by atoms with Gasteiger partial charge >= 0.3 is 6.03 Å². The van der Waals surface area contributed by atoms with Crippen molar-refractivity contribution >= 4 is 45.5 Å². The molecule has 6 nitrogen and oxygen atoms in total. The Balaban J connectivity index is 1.97. The first-order valence-electron chi connectivity index (χ1n) is 7.71. The highest BCUT2D eigenvalue weighted by Crippen LogP contribution is 2.24. The number of rotatable bonds is 3. The number of hydrogen-bond donors (Lipinski definition) is 1. The van der Waals surface area contributed by atoms with E-state index in [1.54, 1.807) is 24.3 Å². The summed E-state index contributed by atoms with van der Waals surface area (Å²) < 4.78 is 2.79. The van der Waals surface area contributed by atoms with Crippen LogP contribution in [0.1, 0.15) is 25.5 Å². The second-order valence-electron chi connectivity index (χ2n) is 5.92. The molecule has 4 amide bonds. The van der Waals surface area contributed by atoms with E-state index in [4.69, 9.17) is 0 Å². The predicted octanol–water partition coefficient (Wildman–Crippen LogP) is 3.50. The van der Waals surface area contributed by atoms with Crippen molar-refractivity contribution in [1.29, 1.82) is 0 Å². The lowest BCUT2D eigenvalue weighted by Crippen LogP contribution is -2.54. The summed E-state index contributed by atoms with van der Waals surface area (Å²) in [5.41, 5.74) is 1.03. The lowest BCUT2D eigenvalue weighted by molar-refractivity contribution is -0.122. The largest absolute Gasteiger partial charge is 0.351 e. The fourth-order valence-corrected chi connectivity index (χ4v) is 2.75. The lowest BCUT2D eigenvalue weighted by Gasteiger charge is -2.26. The minimum Gasteiger partial charge on any atom is -0.351 e. The SMILES string of the molecule is CC(C)n1ccc(/C=C2/C(=O)NC(=O)N(c3ccc(Br)cc3)C2=O)c1. The molecule has 1 aromatic heterocycles. The first-order chi connectivity index (χ1) is 11.9. The summed E-state index contributed by atoms with van der Waals surface area (Å²) in [5.74, 6) is -1.34. The number of aromatic nitrogens is 1. The number of amides is 4. The minimum absolute atomic E-state index is 0.0796. The molecule has 128 valence electrons. The molecule has 1 aliphatic heterocycles. The Morgan fingerprint density at radius 1 is 1.08 bits per heavy atom. The van der Waals surface area contributed by atoms with E-state index in [-0.39, 0.29) is 11.6 Å². The number of urea groups is 1. The second-order valence-corrected chi connectivity index (χ2v) is 6.84. The molecule has 7 heteroatoms. The molecule has 1 aliphatic rings. The molecule has 1 N–H and O–H groups in total. The highest BCUT2D eigenvalue weighted by Gasteiger charge is 2.36. The minimum atomic E-state index is -0.755. The first-order valence-corrected chi connectivity index (χ1v) is 8.50. The number of barbiturate groups is 1. The molecule has 0 atom stereocenters. The summed E-state index contributed by atoms with van der Waals surface area (Å²) in [5, 5.41) is 2.21. The molecule has 1 saturated heterocycles. The van der Waals surface area contributed by atoms with Gasteiger partial charge in [-0.15, -0.1) is 0 Å². The fourth-order valence-electron chi connectivity index (χ4n) is 2.49. The van der Waals surface area contributed by atoms with Crippen molar-refractivity contribution in [3.05, 3.63) is 58.3 Å². The van der Waals surface area contributed by atoms with E-state index in [1.807, 2.05) is 36.9 Å². The molecule has 0 spiro atoms. The van der Waals surface area contributed by atoms with Crippen LogP contribution in [0.25, 0.3) is 6.08 Å². The molecule has 0 aliphatic carbocycles. The van der Waals surface area contributed by atoms with Gasteiger partial charge in [-0.25, -0.2) is 9.69 Å². The Hall–Kier alpha value is -2.67. The number of halogens is 1. The van der Waals surface area contributed by atoms with E-state index < -0.39 is 17.8 Å². The monoisotopic (exact) mass is 401 g/mol. The fraction of sp³-hybridized carbons (Fsp3) is 0.167. The molecule has 0 unspecified atom stereocenters. The van der Waals surface area contributed by atoms with Gasteiger partial charge in [0.25, 0.3) is 11.8 Å². The third kappa shape index (κ3) is 3.41. The third-order valence-electron chi connectivity index (χ3n) is 3.83. The van der Waals surface area contributed by atoms with Gasteiger partial charge in [-0.3, -0.25) is 14.9 Å². The smallest absolute Gasteiger partial charge is 0.335 e. The van der Waals surface area contributed by atoms with Crippen LogP contribution in [0.4, 0.5) is 10.5 Å². The molecule has 1 fully saturated rings. The zero-order chi connectivity index (χ0) is 18.1. The number of carbonyl (C=O) groups excluding carboxylic acids is 3. The van der Waals surface area contributed by atoms with Crippen LogP contribution in [0.5, 0.6) is 0 Å². The number of benzene rings is 1. The Bertz CT molecular complexity index is 881. The van der Waals surface area contributed by atoms with Crippen LogP contribution in [0.3, 0.4) is 0 Å². The van der Waals surface area contributed by atoms with Crippen molar-refractivity contribution in [2.75, 3.05) is 4.90 Å². The zero-order valence-corrected chi connectivity index (χ0v) is 15.3. The number of hydrogen-bond acceptors (Lipinski definition) is 3. The molecule has 0 radical (unpaired) electrons. The van der Waals surface area contributed by atoms with Crippen LogP contribution in [-0.4, -0.2) is 22.4 Å². The quantitative estimate of drug-likeness (QED) is 0.631. The van der Waals surface area contributed by atoms with E-state index in [0.717, 1.165) is 14.9 Å². The Kier molecular flexibility index (Phi) is 4.59. The summed E-state index contributed by atoms with van der Waals surface area (Å²) in [7, 11) is 0. The molecular formula is C18H16BrN3O3. The van der Waals surface area contributed by atoms with Crippen LogP contribution < -0.4 is 10.2 Å². The van der Waals surface area contributed by atoms with Gasteiger partial charge < -0.3 is 4.57 Å². The maximum Gasteiger partial charge on any atom is 0.335 e.